The Kier molecular flexibility index (Phi) is 6.67. The highest BCUT2D eigenvalue weighted by Crippen LogP contribution is 2.35. The minimum Gasteiger partial charge on any atom is -0.493 e. The van der Waals surface area contributed by atoms with Crippen molar-refractivity contribution in [2.24, 2.45) is 0 Å². The van der Waals surface area contributed by atoms with Gasteiger partial charge in [-0.25, -0.2) is 0 Å². The van der Waals surface area contributed by atoms with Crippen molar-refractivity contribution < 1.29 is 19.2 Å². The van der Waals surface area contributed by atoms with Gasteiger partial charge in [0.1, 0.15) is 11.4 Å². The number of amides is 1. The number of carbonyl (C=O) groups excluding carboxylic acids is 1. The van der Waals surface area contributed by atoms with Gasteiger partial charge in [0.2, 0.25) is 0 Å². The zero-order valence-corrected chi connectivity index (χ0v) is 19.1. The fraction of sp³-hybridized carbons (Fsp3) is 0.0435. The van der Waals surface area contributed by atoms with Crippen LogP contribution in [-0.2, 0) is 0 Å². The van der Waals surface area contributed by atoms with Gasteiger partial charge in [0.15, 0.2) is 11.5 Å². The number of nitrogens with one attached hydrogen (secondary N) is 2. The van der Waals surface area contributed by atoms with Crippen LogP contribution in [0.4, 0.5) is 11.4 Å². The predicted octanol–water partition coefficient (Wildman–Crippen LogP) is 6.34. The number of halogens is 2. The molecule has 1 amide bonds. The molecule has 1 aromatic heterocycles. The maximum Gasteiger partial charge on any atom is 0.275 e. The topological polar surface area (TPSA) is 119 Å². The van der Waals surface area contributed by atoms with E-state index in [1.807, 2.05) is 0 Å². The molecule has 1 heterocycles. The second-order valence-corrected chi connectivity index (χ2v) is 7.81. The number of hydrogen-bond acceptors (Lipinski definition) is 6. The lowest BCUT2D eigenvalue weighted by molar-refractivity contribution is -0.384. The number of aromatic nitrogens is 2. The van der Waals surface area contributed by atoms with Crippen LogP contribution in [0, 0.1) is 10.1 Å². The third kappa shape index (κ3) is 5.11. The number of aromatic amines is 1. The Morgan fingerprint density at radius 1 is 1.06 bits per heavy atom. The van der Waals surface area contributed by atoms with Gasteiger partial charge in [-0.15, -0.1) is 0 Å². The van der Waals surface area contributed by atoms with Gasteiger partial charge in [-0.05, 0) is 36.4 Å². The van der Waals surface area contributed by atoms with E-state index in [-0.39, 0.29) is 22.8 Å². The molecule has 3 aromatic carbocycles. The summed E-state index contributed by atoms with van der Waals surface area (Å²) in [4.78, 5) is 23.6. The van der Waals surface area contributed by atoms with Crippen LogP contribution in [-0.4, -0.2) is 28.1 Å². The molecule has 0 unspecified atom stereocenters. The first-order valence-corrected chi connectivity index (χ1v) is 10.5. The SMILES string of the molecule is COc1ccccc1Oc1cc(NC(=O)c2cc(-c3ccc(Cl)cc3Cl)n[nH]2)cc([N+](=O)[O-])c1. The summed E-state index contributed by atoms with van der Waals surface area (Å²) in [7, 11) is 1.48. The molecule has 0 spiro atoms. The molecular weight excluding hydrogens is 483 g/mol. The van der Waals surface area contributed by atoms with Crippen LogP contribution in [0.2, 0.25) is 10.0 Å². The number of nitrogens with zero attached hydrogens (tertiary/aromatic N) is 2. The monoisotopic (exact) mass is 498 g/mol. The van der Waals surface area contributed by atoms with E-state index < -0.39 is 10.8 Å². The van der Waals surface area contributed by atoms with Crippen molar-refractivity contribution in [1.82, 2.24) is 10.2 Å². The summed E-state index contributed by atoms with van der Waals surface area (Å²) in [5.41, 5.74) is 1.04. The molecule has 11 heteroatoms. The van der Waals surface area contributed by atoms with E-state index in [9.17, 15) is 14.9 Å². The molecule has 2 N–H and O–H groups in total. The summed E-state index contributed by atoms with van der Waals surface area (Å²) in [6.07, 6.45) is 0. The summed E-state index contributed by atoms with van der Waals surface area (Å²) >= 11 is 12.1. The Morgan fingerprint density at radius 3 is 2.53 bits per heavy atom. The summed E-state index contributed by atoms with van der Waals surface area (Å²) in [5.74, 6) is 0.395. The minimum atomic E-state index is -0.582. The summed E-state index contributed by atoms with van der Waals surface area (Å²) < 4.78 is 11.0. The molecule has 0 bridgehead atoms. The number of H-pyrrole nitrogens is 1. The van der Waals surface area contributed by atoms with Gasteiger partial charge in [-0.1, -0.05) is 35.3 Å². The summed E-state index contributed by atoms with van der Waals surface area (Å²) in [5, 5.41) is 21.6. The van der Waals surface area contributed by atoms with Gasteiger partial charge < -0.3 is 14.8 Å². The molecule has 0 aliphatic carbocycles. The fourth-order valence-corrected chi connectivity index (χ4v) is 3.63. The van der Waals surface area contributed by atoms with Gasteiger partial charge in [0.25, 0.3) is 11.6 Å². The molecule has 34 heavy (non-hydrogen) atoms. The minimum absolute atomic E-state index is 0.125. The number of nitro benzene ring substituents is 1. The molecule has 0 fully saturated rings. The molecule has 0 aliphatic heterocycles. The highest BCUT2D eigenvalue weighted by molar-refractivity contribution is 6.36. The van der Waals surface area contributed by atoms with Crippen LogP contribution in [0.1, 0.15) is 10.5 Å². The van der Waals surface area contributed by atoms with Crippen molar-refractivity contribution in [3.05, 3.63) is 92.6 Å². The maximum absolute atomic E-state index is 12.8. The number of benzene rings is 3. The molecule has 4 aromatic rings. The third-order valence-corrected chi connectivity index (χ3v) is 5.23. The van der Waals surface area contributed by atoms with Gasteiger partial charge in [0, 0.05) is 22.7 Å². The van der Waals surface area contributed by atoms with Crippen LogP contribution in [0.5, 0.6) is 17.2 Å². The number of hydrogen-bond donors (Lipinski definition) is 2. The quantitative estimate of drug-likeness (QED) is 0.226. The fourth-order valence-electron chi connectivity index (χ4n) is 3.12. The lowest BCUT2D eigenvalue weighted by atomic mass is 10.1. The third-order valence-electron chi connectivity index (χ3n) is 4.69. The number of anilines is 1. The molecule has 0 aliphatic rings. The predicted molar refractivity (Wildman–Crippen MR) is 128 cm³/mol. The van der Waals surface area contributed by atoms with E-state index in [1.54, 1.807) is 42.5 Å². The van der Waals surface area contributed by atoms with Gasteiger partial charge >= 0.3 is 0 Å². The summed E-state index contributed by atoms with van der Waals surface area (Å²) in [6.45, 7) is 0. The van der Waals surface area contributed by atoms with Crippen molar-refractivity contribution in [3.63, 3.8) is 0 Å². The lowest BCUT2D eigenvalue weighted by Gasteiger charge is -2.11. The second kappa shape index (κ2) is 9.82. The Bertz CT molecular complexity index is 1390. The van der Waals surface area contributed by atoms with Crippen molar-refractivity contribution in [2.75, 3.05) is 12.4 Å². The molecule has 4 rings (SSSR count). The Morgan fingerprint density at radius 2 is 1.82 bits per heavy atom. The molecule has 0 saturated heterocycles. The smallest absolute Gasteiger partial charge is 0.275 e. The summed E-state index contributed by atoms with van der Waals surface area (Å²) in [6, 6.07) is 17.2. The van der Waals surface area contributed by atoms with Crippen molar-refractivity contribution in [1.29, 1.82) is 0 Å². The highest BCUT2D eigenvalue weighted by atomic mass is 35.5. The molecule has 0 saturated carbocycles. The van der Waals surface area contributed by atoms with E-state index in [4.69, 9.17) is 32.7 Å². The van der Waals surface area contributed by atoms with E-state index in [0.717, 1.165) is 0 Å². The number of para-hydroxylation sites is 2. The standard InChI is InChI=1S/C23H16Cl2N4O5/c1-33-21-4-2-3-5-22(21)34-16-10-14(9-15(11-16)29(31)32)26-23(30)20-12-19(27-28-20)17-7-6-13(24)8-18(17)25/h2-12H,1H3,(H,26,30)(H,27,28). The van der Waals surface area contributed by atoms with E-state index in [2.05, 4.69) is 15.5 Å². The van der Waals surface area contributed by atoms with Crippen LogP contribution >= 0.6 is 23.2 Å². The van der Waals surface area contributed by atoms with Crippen molar-refractivity contribution >= 4 is 40.5 Å². The van der Waals surface area contributed by atoms with E-state index in [1.165, 1.54) is 31.4 Å². The molecule has 0 atom stereocenters. The number of carbonyl (C=O) groups is 1. The van der Waals surface area contributed by atoms with Crippen LogP contribution in [0.3, 0.4) is 0 Å². The van der Waals surface area contributed by atoms with Gasteiger partial charge in [-0.3, -0.25) is 20.0 Å². The van der Waals surface area contributed by atoms with Gasteiger partial charge in [0.05, 0.1) is 34.5 Å². The first-order valence-electron chi connectivity index (χ1n) is 9.76. The normalized spacial score (nSPS) is 10.6. The molecule has 0 radical (unpaired) electrons. The lowest BCUT2D eigenvalue weighted by Crippen LogP contribution is -2.12. The first-order chi connectivity index (χ1) is 16.3. The molecule has 172 valence electrons. The van der Waals surface area contributed by atoms with Crippen LogP contribution < -0.4 is 14.8 Å². The van der Waals surface area contributed by atoms with Crippen molar-refractivity contribution in [3.8, 4) is 28.5 Å². The molecular formula is C23H16Cl2N4O5. The number of methoxy groups -OCH3 is 1. The van der Waals surface area contributed by atoms with Crippen molar-refractivity contribution in [2.45, 2.75) is 0 Å². The Labute approximate surface area is 203 Å². The second-order valence-electron chi connectivity index (χ2n) is 6.97. The van der Waals surface area contributed by atoms with Crippen LogP contribution in [0.15, 0.2) is 66.7 Å². The zero-order chi connectivity index (χ0) is 24.2. The number of ether oxygens (including phenoxy) is 2. The number of non-ortho nitro benzene ring substituents is 1. The first kappa shape index (κ1) is 23.1. The highest BCUT2D eigenvalue weighted by Gasteiger charge is 2.17. The molecule has 9 nitrogen and oxygen atoms in total. The largest absolute Gasteiger partial charge is 0.493 e. The number of rotatable bonds is 7. The van der Waals surface area contributed by atoms with E-state index >= 15 is 0 Å². The van der Waals surface area contributed by atoms with E-state index in [0.29, 0.717) is 32.8 Å². The Hall–Kier alpha value is -4.08. The Balaban J connectivity index is 1.59. The average Bonchev–Trinajstić information content (AvgIpc) is 3.29. The average molecular weight is 499 g/mol. The van der Waals surface area contributed by atoms with Crippen LogP contribution in [0.25, 0.3) is 11.3 Å². The zero-order valence-electron chi connectivity index (χ0n) is 17.5. The maximum atomic E-state index is 12.8. The number of nitro groups is 1. The van der Waals surface area contributed by atoms with Gasteiger partial charge in [-0.2, -0.15) is 5.10 Å².